The first kappa shape index (κ1) is 52.3. The van der Waals surface area contributed by atoms with Crippen LogP contribution in [-0.2, 0) is 42.5 Å². The summed E-state index contributed by atoms with van der Waals surface area (Å²) >= 11 is 12.8. The molecule has 23 heteroatoms. The maximum atomic E-state index is 13.6. The molecule has 72 heavy (non-hydrogen) atoms. The van der Waals surface area contributed by atoms with Crippen LogP contribution in [0.25, 0.3) is 0 Å². The van der Waals surface area contributed by atoms with Gasteiger partial charge in [-0.3, -0.25) is 19.3 Å². The molecular formula is C49H54Cl2N10O9S2. The SMILES string of the molecule is N#Cc1cc(Cl)cc2c1C[C@H](N1CCNCC1)[C@H]2Oc1ccc(NS(=O)(=O)C(CCC=O)NC(=O)NCCCC(=O)NS(=O)(=O)c2ccc(O[C@H]3c4cc(Cl)cc(C#N)c4C[C@@H]3N3CCNCC3)cc2)cc1. The fourth-order valence-corrected chi connectivity index (χ4v) is 12.5. The summed E-state index contributed by atoms with van der Waals surface area (Å²) in [6.07, 6.45) is 0.0937. The van der Waals surface area contributed by atoms with Gasteiger partial charge in [0.25, 0.3) is 20.0 Å². The van der Waals surface area contributed by atoms with Crippen molar-refractivity contribution in [2.75, 3.05) is 63.6 Å². The Balaban J connectivity index is 0.818. The summed E-state index contributed by atoms with van der Waals surface area (Å²) in [5.41, 5.74) is 4.54. The Kier molecular flexibility index (Phi) is 16.9. The number of carbonyl (C=O) groups excluding carboxylic acids is 3. The van der Waals surface area contributed by atoms with E-state index in [0.717, 1.165) is 74.6 Å². The number of nitriles is 2. The van der Waals surface area contributed by atoms with E-state index in [4.69, 9.17) is 32.7 Å². The molecule has 1 unspecified atom stereocenters. The maximum absolute atomic E-state index is 13.6. The van der Waals surface area contributed by atoms with E-state index in [0.29, 0.717) is 51.8 Å². The standard InChI is InChI=1S/C49H54Cl2N10O9S2/c50-33-23-31(29-52)39-27-43(60-18-14-54-15-19-60)47(41(39)25-33)69-36-7-5-35(6-8-36)58-72(67,68)46(4-2-22-62)57-49(64)56-13-1-3-45(63)59-71(65,66)38-11-9-37(10-12-38)70-48-42-26-34(51)24-32(30-53)40(42)28-44(48)61-20-16-55-17-21-61/h5-12,22-26,43-44,46-48,54-55,58H,1-4,13-21,27-28H2,(H,59,63)(H2,56,57,64)/t43-,44-,46?,47-,48-/m0/s1. The summed E-state index contributed by atoms with van der Waals surface area (Å²) < 4.78 is 71.1. The van der Waals surface area contributed by atoms with Gasteiger partial charge in [0.2, 0.25) is 5.91 Å². The molecule has 2 heterocycles. The quantitative estimate of drug-likeness (QED) is 0.0566. The van der Waals surface area contributed by atoms with Crippen molar-refractivity contribution in [1.29, 1.82) is 10.5 Å². The normalized spacial score (nSPS) is 20.4. The van der Waals surface area contributed by atoms with E-state index < -0.39 is 49.6 Å². The van der Waals surface area contributed by atoms with Crippen LogP contribution in [0.1, 0.15) is 71.3 Å². The Labute approximate surface area is 428 Å². The number of hydrogen-bond donors (Lipinski definition) is 6. The number of amides is 3. The highest BCUT2D eigenvalue weighted by molar-refractivity contribution is 7.93. The lowest BCUT2D eigenvalue weighted by Gasteiger charge is -2.36. The van der Waals surface area contributed by atoms with Crippen LogP contribution >= 0.6 is 23.2 Å². The van der Waals surface area contributed by atoms with Gasteiger partial charge < -0.3 is 35.5 Å². The monoisotopic (exact) mass is 1060 g/mol. The number of benzene rings is 4. The average Bonchev–Trinajstić information content (AvgIpc) is 3.92. The van der Waals surface area contributed by atoms with E-state index in [1.165, 1.54) is 36.4 Å². The van der Waals surface area contributed by atoms with E-state index in [2.05, 4.69) is 47.9 Å². The van der Waals surface area contributed by atoms with Crippen LogP contribution in [0.3, 0.4) is 0 Å². The van der Waals surface area contributed by atoms with Gasteiger partial charge in [-0.25, -0.2) is 26.4 Å². The molecule has 19 nitrogen and oxygen atoms in total. The Morgan fingerprint density at radius 3 is 1.75 bits per heavy atom. The van der Waals surface area contributed by atoms with Gasteiger partial charge in [-0.2, -0.15) is 10.5 Å². The highest BCUT2D eigenvalue weighted by Crippen LogP contribution is 2.43. The van der Waals surface area contributed by atoms with E-state index in [9.17, 15) is 41.7 Å². The lowest BCUT2D eigenvalue weighted by Crippen LogP contribution is -2.50. The van der Waals surface area contributed by atoms with Crippen molar-refractivity contribution < 1.29 is 40.7 Å². The highest BCUT2D eigenvalue weighted by atomic mass is 35.5. The van der Waals surface area contributed by atoms with Gasteiger partial charge in [-0.1, -0.05) is 23.2 Å². The Morgan fingerprint density at radius 1 is 0.764 bits per heavy atom. The summed E-state index contributed by atoms with van der Waals surface area (Å²) in [6, 6.07) is 22.3. The zero-order valence-electron chi connectivity index (χ0n) is 39.0. The summed E-state index contributed by atoms with van der Waals surface area (Å²) in [6.45, 7) is 6.29. The van der Waals surface area contributed by atoms with Crippen LogP contribution in [0.15, 0.2) is 77.7 Å². The molecule has 0 bridgehead atoms. The van der Waals surface area contributed by atoms with Crippen LogP contribution in [0.5, 0.6) is 11.5 Å². The molecular weight excluding hydrogens is 1010 g/mol. The minimum absolute atomic E-state index is 0.00354. The van der Waals surface area contributed by atoms with E-state index in [-0.39, 0.29) is 54.9 Å². The topological polar surface area (TPSA) is 264 Å². The number of rotatable bonds is 19. The zero-order chi connectivity index (χ0) is 51.0. The molecule has 4 aromatic rings. The lowest BCUT2D eigenvalue weighted by molar-refractivity contribution is -0.119. The molecule has 3 amide bonds. The average molecular weight is 1060 g/mol. The van der Waals surface area contributed by atoms with Crippen LogP contribution in [-0.4, -0.2) is 121 Å². The number of sulfonamides is 2. The molecule has 8 rings (SSSR count). The number of halogens is 2. The van der Waals surface area contributed by atoms with Crippen molar-refractivity contribution in [3.8, 4) is 23.6 Å². The Hall–Kier alpha value is -6.01. The zero-order valence-corrected chi connectivity index (χ0v) is 42.2. The van der Waals surface area contributed by atoms with Crippen molar-refractivity contribution in [1.82, 2.24) is 35.8 Å². The number of ether oxygens (including phenoxy) is 2. The van der Waals surface area contributed by atoms with Crippen LogP contribution in [0.4, 0.5) is 10.5 Å². The Bertz CT molecular complexity index is 2960. The summed E-state index contributed by atoms with van der Waals surface area (Å²) in [5.74, 6) is -0.000718. The smallest absolute Gasteiger partial charge is 0.315 e. The molecule has 0 spiro atoms. The van der Waals surface area contributed by atoms with Crippen molar-refractivity contribution in [2.45, 2.75) is 73.1 Å². The van der Waals surface area contributed by atoms with Crippen molar-refractivity contribution in [3.63, 3.8) is 0 Å². The van der Waals surface area contributed by atoms with E-state index in [1.54, 1.807) is 30.3 Å². The molecule has 6 N–H and O–H groups in total. The number of nitrogens with one attached hydrogen (secondary N) is 6. The molecule has 4 aromatic carbocycles. The van der Waals surface area contributed by atoms with Crippen LogP contribution < -0.4 is 40.2 Å². The number of urea groups is 1. The van der Waals surface area contributed by atoms with Gasteiger partial charge in [-0.15, -0.1) is 0 Å². The maximum Gasteiger partial charge on any atom is 0.315 e. The number of hydrogen-bond acceptors (Lipinski definition) is 15. The molecule has 4 aliphatic rings. The minimum atomic E-state index is -4.31. The molecule has 2 saturated heterocycles. The molecule has 2 fully saturated rings. The molecule has 5 atom stereocenters. The third-order valence-electron chi connectivity index (χ3n) is 13.2. The van der Waals surface area contributed by atoms with Crippen LogP contribution in [0, 0.1) is 22.7 Å². The first-order valence-electron chi connectivity index (χ1n) is 23.6. The largest absolute Gasteiger partial charge is 0.484 e. The van der Waals surface area contributed by atoms with E-state index in [1.807, 2.05) is 10.8 Å². The molecule has 2 aliphatic carbocycles. The molecule has 0 aromatic heterocycles. The summed E-state index contributed by atoms with van der Waals surface area (Å²) in [7, 11) is -8.61. The third-order valence-corrected chi connectivity index (χ3v) is 16.7. The molecule has 0 saturated carbocycles. The highest BCUT2D eigenvalue weighted by Gasteiger charge is 2.42. The predicted molar refractivity (Wildman–Crippen MR) is 269 cm³/mol. The van der Waals surface area contributed by atoms with Crippen molar-refractivity contribution in [2.24, 2.45) is 0 Å². The van der Waals surface area contributed by atoms with Crippen molar-refractivity contribution in [3.05, 3.63) is 116 Å². The second-order valence-corrected chi connectivity index (χ2v) is 22.3. The summed E-state index contributed by atoms with van der Waals surface area (Å²) in [4.78, 5) is 41.5. The number of piperazine rings is 2. The van der Waals surface area contributed by atoms with Gasteiger partial charge in [0, 0.05) is 87.5 Å². The number of nitrogens with zero attached hydrogens (tertiary/aromatic N) is 4. The van der Waals surface area contributed by atoms with Gasteiger partial charge >= 0.3 is 6.03 Å². The third kappa shape index (κ3) is 12.4. The van der Waals surface area contributed by atoms with Gasteiger partial charge in [-0.05, 0) is 121 Å². The van der Waals surface area contributed by atoms with Gasteiger partial charge in [0.15, 0.2) is 5.37 Å². The lowest BCUT2D eigenvalue weighted by atomic mass is 10.0. The first-order chi connectivity index (χ1) is 34.7. The first-order valence-corrected chi connectivity index (χ1v) is 27.4. The number of aldehydes is 1. The second kappa shape index (κ2) is 23.2. The fraction of sp³-hybridized carbons (Fsp3) is 0.408. The Morgan fingerprint density at radius 2 is 1.26 bits per heavy atom. The van der Waals surface area contributed by atoms with Crippen molar-refractivity contribution >= 4 is 67.2 Å². The van der Waals surface area contributed by atoms with E-state index >= 15 is 0 Å². The fourth-order valence-electron chi connectivity index (χ4n) is 9.74. The molecule has 2 aliphatic heterocycles. The number of anilines is 1. The number of carbonyl (C=O) groups is 3. The number of fused-ring (bicyclic) bond motifs is 2. The van der Waals surface area contributed by atoms with Gasteiger partial charge in [0.1, 0.15) is 30.0 Å². The van der Waals surface area contributed by atoms with Crippen LogP contribution in [0.2, 0.25) is 10.0 Å². The molecule has 380 valence electrons. The second-order valence-electron chi connectivity index (χ2n) is 17.9. The predicted octanol–water partition coefficient (Wildman–Crippen LogP) is 4.27. The summed E-state index contributed by atoms with van der Waals surface area (Å²) in [5, 5.41) is 30.6. The minimum Gasteiger partial charge on any atom is -0.484 e. The van der Waals surface area contributed by atoms with Gasteiger partial charge in [0.05, 0.1) is 40.2 Å². The molecule has 0 radical (unpaired) electrons.